The van der Waals surface area contributed by atoms with Crippen molar-refractivity contribution >= 4 is 113 Å². The highest BCUT2D eigenvalue weighted by Gasteiger charge is 2.18. The predicted octanol–water partition coefficient (Wildman–Crippen LogP) is 20.1. The molecule has 0 aliphatic rings. The smallest absolute Gasteiger partial charge is 0.295 e. The molecule has 0 fully saturated rings. The molecule has 11 N–H and O–H groups in total. The average molecular weight is 1410 g/mol. The van der Waals surface area contributed by atoms with Gasteiger partial charge in [0.1, 0.15) is 17.2 Å². The number of rotatable bonds is 10. The Bertz CT molecular complexity index is 5110. The number of benzene rings is 6. The molecule has 0 aliphatic carbocycles. The molecule has 552 valence electrons. The van der Waals surface area contributed by atoms with E-state index in [1.54, 1.807) is 6.07 Å². The summed E-state index contributed by atoms with van der Waals surface area (Å²) in [6, 6.07) is 43.4. The third-order valence-corrected chi connectivity index (χ3v) is 15.7. The predicted molar refractivity (Wildman–Crippen MR) is 439 cm³/mol. The first kappa shape index (κ1) is 79.0. The Morgan fingerprint density at radius 1 is 0.462 bits per heavy atom. The van der Waals surface area contributed by atoms with Crippen LogP contribution in [-0.2, 0) is 13.5 Å². The summed E-state index contributed by atoms with van der Waals surface area (Å²) in [6.07, 6.45) is 2.81. The molecule has 6 aromatic carbocycles. The number of hydrogen-bond donors (Lipinski definition) is 11. The minimum atomic E-state index is 0.0246. The van der Waals surface area contributed by atoms with E-state index in [9.17, 15) is 4.79 Å². The van der Waals surface area contributed by atoms with Crippen molar-refractivity contribution in [3.05, 3.63) is 183 Å². The highest BCUT2D eigenvalue weighted by molar-refractivity contribution is 5.84. The zero-order valence-electron chi connectivity index (χ0n) is 66.0. The minimum Gasteiger partial charge on any atom is -0.424 e. The number of fused-ring (bicyclic) bond motifs is 7. The summed E-state index contributed by atoms with van der Waals surface area (Å²) in [5, 5.41) is 20.3. The number of aromatic amines is 5. The van der Waals surface area contributed by atoms with E-state index in [0.29, 0.717) is 24.1 Å². The highest BCUT2D eigenvalue weighted by atomic mass is 16.4. The van der Waals surface area contributed by atoms with Crippen molar-refractivity contribution in [3.63, 3.8) is 0 Å². The number of para-hydroxylation sites is 5. The molecule has 0 saturated heterocycles. The Balaban J connectivity index is 0.000000154. The van der Waals surface area contributed by atoms with Crippen LogP contribution in [0.25, 0.3) is 77.3 Å². The van der Waals surface area contributed by atoms with Crippen molar-refractivity contribution in [2.45, 2.75) is 207 Å². The van der Waals surface area contributed by atoms with Crippen molar-refractivity contribution in [3.8, 4) is 0 Å². The molecule has 0 spiro atoms. The maximum atomic E-state index is 11.7. The van der Waals surface area contributed by atoms with Gasteiger partial charge in [0.05, 0.1) is 55.2 Å². The molecule has 14 rings (SSSR count). The van der Waals surface area contributed by atoms with Gasteiger partial charge in [-0.1, -0.05) is 69.3 Å². The van der Waals surface area contributed by atoms with Crippen molar-refractivity contribution in [1.29, 1.82) is 0 Å². The largest absolute Gasteiger partial charge is 0.424 e. The summed E-state index contributed by atoms with van der Waals surface area (Å²) in [5.74, 6) is 5.25. The first-order valence-electron chi connectivity index (χ1n) is 35.9. The average Bonchev–Trinajstić information content (AvgIpc) is 1.14. The van der Waals surface area contributed by atoms with Crippen molar-refractivity contribution < 1.29 is 4.42 Å². The molecule has 8 aromatic heterocycles. The van der Waals surface area contributed by atoms with Gasteiger partial charge < -0.3 is 65.8 Å². The molecule has 14 aromatic rings. The lowest BCUT2D eigenvalue weighted by molar-refractivity contribution is 0.402. The monoisotopic (exact) mass is 1410 g/mol. The number of H-pyrrole nitrogens is 5. The number of hydrogen-bond acceptors (Lipinski definition) is 15. The van der Waals surface area contributed by atoms with E-state index in [1.165, 1.54) is 27.8 Å². The lowest BCUT2D eigenvalue weighted by Gasteiger charge is -2.21. The second kappa shape index (κ2) is 33.6. The van der Waals surface area contributed by atoms with Crippen LogP contribution < -0.4 is 37.3 Å². The molecular formula is C83H113N19O2. The van der Waals surface area contributed by atoms with Gasteiger partial charge in [0, 0.05) is 65.9 Å². The highest BCUT2D eigenvalue weighted by Crippen LogP contribution is 2.27. The first-order valence-corrected chi connectivity index (χ1v) is 35.9. The Hall–Kier alpha value is -10.7. The molecule has 0 aliphatic heterocycles. The van der Waals surface area contributed by atoms with Crippen LogP contribution in [0.3, 0.4) is 0 Å². The first-order chi connectivity index (χ1) is 48.7. The third kappa shape index (κ3) is 23.7. The summed E-state index contributed by atoms with van der Waals surface area (Å²) in [5.41, 5.74) is 20.9. The quantitative estimate of drug-likeness (QED) is 0.0607. The lowest BCUT2D eigenvalue weighted by Crippen LogP contribution is -2.27. The van der Waals surface area contributed by atoms with Gasteiger partial charge in [0.15, 0.2) is 16.7 Å². The number of anilines is 6. The molecular weight excluding hydrogens is 1300 g/mol. The van der Waals surface area contributed by atoms with E-state index < -0.39 is 0 Å². The summed E-state index contributed by atoms with van der Waals surface area (Å²) in [7, 11) is 2.03. The number of imidazole rings is 5. The zero-order valence-corrected chi connectivity index (χ0v) is 66.0. The van der Waals surface area contributed by atoms with Crippen molar-refractivity contribution in [1.82, 2.24) is 64.4 Å². The molecule has 0 saturated carbocycles. The fraction of sp³-hybridized carbons (Fsp3) is 0.398. The van der Waals surface area contributed by atoms with Crippen LogP contribution in [0.2, 0.25) is 0 Å². The minimum absolute atomic E-state index is 0.0246. The molecule has 0 atom stereocenters. The van der Waals surface area contributed by atoms with Gasteiger partial charge in [-0.15, -0.1) is 0 Å². The number of aromatic nitrogens is 13. The fourth-order valence-electron chi connectivity index (χ4n) is 10.9. The number of nitrogens with zero attached hydrogens (tertiary/aromatic N) is 8. The Morgan fingerprint density at radius 2 is 1.05 bits per heavy atom. The van der Waals surface area contributed by atoms with E-state index in [2.05, 4.69) is 290 Å². The number of nitrogens with one attached hydrogen (secondary N) is 11. The van der Waals surface area contributed by atoms with Crippen LogP contribution in [0.1, 0.15) is 164 Å². The summed E-state index contributed by atoms with van der Waals surface area (Å²) >= 11 is 0. The molecule has 104 heavy (non-hydrogen) atoms. The molecule has 21 nitrogen and oxygen atoms in total. The maximum Gasteiger partial charge on any atom is 0.295 e. The summed E-state index contributed by atoms with van der Waals surface area (Å²) in [6.45, 7) is 50.7. The molecule has 0 unspecified atom stereocenters. The van der Waals surface area contributed by atoms with E-state index in [1.807, 2.05) is 107 Å². The van der Waals surface area contributed by atoms with Gasteiger partial charge in [-0.25, -0.2) is 24.9 Å². The molecule has 0 radical (unpaired) electrons. The Kier molecular flexibility index (Phi) is 25.5. The van der Waals surface area contributed by atoms with Gasteiger partial charge in [0.2, 0.25) is 23.8 Å². The second-order valence-electron chi connectivity index (χ2n) is 32.0. The SMILES string of the molecule is CC(C)Nc1cc(=O)c2ccccc2[nH]1.CC(C)Nc1nc2ccccc2o1.Cc1cc2nc(NC(C)(C)C)[nH]c2cc1C.Cc1ccc2[nH]c(NC(C)(C)C)nc2c1C.Cc1ccc2nc(CC(C)(C)C)[nH]c2c1.Cc1cnc2nc(NC(C)C)[nH]c2c1.Cn1c(NC(C)(C)C)nc2ccccc21. The molecule has 0 amide bonds. The zero-order chi connectivity index (χ0) is 76.2. The van der Waals surface area contributed by atoms with Crippen molar-refractivity contribution in [2.24, 2.45) is 12.5 Å². The van der Waals surface area contributed by atoms with Crippen LogP contribution >= 0.6 is 0 Å². The Morgan fingerprint density at radius 3 is 1.69 bits per heavy atom. The molecule has 21 heteroatoms. The summed E-state index contributed by atoms with van der Waals surface area (Å²) < 4.78 is 7.54. The topological polar surface area (TPSA) is 276 Å². The number of oxazole rings is 1. The van der Waals surface area contributed by atoms with E-state index in [4.69, 9.17) is 4.42 Å². The Labute approximate surface area is 613 Å². The van der Waals surface area contributed by atoms with Gasteiger partial charge >= 0.3 is 0 Å². The van der Waals surface area contributed by atoms with Crippen LogP contribution in [0.4, 0.5) is 35.6 Å². The maximum absolute atomic E-state index is 11.7. The fourth-order valence-corrected chi connectivity index (χ4v) is 10.9. The van der Waals surface area contributed by atoms with Crippen LogP contribution in [0, 0.1) is 47.0 Å². The standard InChI is InChI=1S/2C13H19N3.C13H18N2.C12H17N3.C12H14N2O.C10H14N4.C10H12N2O/c1-8-6-10-11(7-9(8)2)15-12(14-10)16-13(3,4)5;1-8-6-7-10-11(9(8)2)15-12(14-10)16-13(3,4)5;1-9-5-6-10-11(7-9)15-12(14-10)8-13(2,3)4;1-12(2,3)14-11-13-9-7-5-6-8-10(9)15(11)4;1-8(2)13-12-7-11(15)9-5-3-4-6-10(9)14-12;1-6(2)12-10-13-8-4-7(3)5-11-9(8)14-10;1-7(2)11-10-12-8-5-3-4-6-9(8)13-10/h2*6-7H,1-5H3,(H2,14,15,16);5-7H,8H2,1-4H3,(H,14,15);5-8H,1-4H3,(H,13,14);3-8H,1-2H3,(H2,13,14,15);4-6H,1-3H3,(H2,11,12,13,14);3-7H,1-2H3,(H,11,12). The molecule has 0 bridgehead atoms. The van der Waals surface area contributed by atoms with Crippen LogP contribution in [0.5, 0.6) is 0 Å². The molecule has 8 heterocycles. The number of aryl methyl sites for hydroxylation is 7. The van der Waals surface area contributed by atoms with Crippen molar-refractivity contribution in [2.75, 3.05) is 31.9 Å². The van der Waals surface area contributed by atoms with Crippen LogP contribution in [0.15, 0.2) is 143 Å². The van der Waals surface area contributed by atoms with Crippen LogP contribution in [-0.4, -0.2) is 99.1 Å². The van der Waals surface area contributed by atoms with Gasteiger partial charge in [-0.2, -0.15) is 9.97 Å². The van der Waals surface area contributed by atoms with E-state index >= 15 is 0 Å². The van der Waals surface area contributed by atoms with Gasteiger partial charge in [0.25, 0.3) is 6.01 Å². The lowest BCUT2D eigenvalue weighted by atomic mass is 9.92. The van der Waals surface area contributed by atoms with E-state index in [-0.39, 0.29) is 27.5 Å². The summed E-state index contributed by atoms with van der Waals surface area (Å²) in [4.78, 5) is 59.1. The van der Waals surface area contributed by atoms with Gasteiger partial charge in [-0.05, 0) is 257 Å². The third-order valence-electron chi connectivity index (χ3n) is 15.7. The van der Waals surface area contributed by atoms with Gasteiger partial charge in [-0.3, -0.25) is 4.79 Å². The number of pyridine rings is 2. The second-order valence-corrected chi connectivity index (χ2v) is 32.0. The normalized spacial score (nSPS) is 11.7. The van der Waals surface area contributed by atoms with E-state index in [0.717, 1.165) is 125 Å².